The van der Waals surface area contributed by atoms with Crippen LogP contribution < -0.4 is 10.6 Å². The van der Waals surface area contributed by atoms with Crippen LogP contribution in [0, 0.1) is 0 Å². The fourth-order valence-electron chi connectivity index (χ4n) is 2.35. The van der Waals surface area contributed by atoms with Gasteiger partial charge in [-0.25, -0.2) is 9.78 Å². The maximum atomic E-state index is 12.1. The van der Waals surface area contributed by atoms with Crippen molar-refractivity contribution in [3.05, 3.63) is 18.2 Å². The van der Waals surface area contributed by atoms with E-state index in [0.29, 0.717) is 18.3 Å². The summed E-state index contributed by atoms with van der Waals surface area (Å²) in [6.07, 6.45) is -0.0395. The van der Waals surface area contributed by atoms with Crippen molar-refractivity contribution >= 4 is 45.3 Å². The number of urea groups is 1. The Morgan fingerprint density at radius 2 is 2.23 bits per heavy atom. The quantitative estimate of drug-likeness (QED) is 0.752. The number of carbonyl (C=O) groups is 1. The number of carbonyl (C=O) groups excluding carboxylic acids is 1. The summed E-state index contributed by atoms with van der Waals surface area (Å²) in [6, 6.07) is 5.47. The van der Waals surface area contributed by atoms with Crippen LogP contribution in [0.4, 0.5) is 9.93 Å². The van der Waals surface area contributed by atoms with E-state index in [9.17, 15) is 4.79 Å². The van der Waals surface area contributed by atoms with Gasteiger partial charge < -0.3 is 10.1 Å². The van der Waals surface area contributed by atoms with Crippen LogP contribution in [0.15, 0.2) is 23.1 Å². The average molecular weight is 338 g/mol. The molecule has 1 aliphatic heterocycles. The molecule has 1 aromatic heterocycles. The molecule has 2 aromatic rings. The summed E-state index contributed by atoms with van der Waals surface area (Å²) in [5, 5.41) is 6.30. The summed E-state index contributed by atoms with van der Waals surface area (Å²) in [5.41, 5.74) is 0.860. The zero-order chi connectivity index (χ0) is 15.5. The molecule has 1 unspecified atom stereocenters. The Hall–Kier alpha value is -1.35. The molecule has 6 nitrogen and oxygen atoms in total. The first-order valence-electron chi connectivity index (χ1n) is 7.11. The molecular formula is C14H18N4O2S2. The Labute approximate surface area is 138 Å². The molecule has 2 N–H and O–H groups in total. The van der Waals surface area contributed by atoms with Gasteiger partial charge in [-0.2, -0.15) is 0 Å². The largest absolute Gasteiger partial charge is 0.379 e. The number of aromatic nitrogens is 1. The molecule has 2 amide bonds. The highest BCUT2D eigenvalue weighted by Crippen LogP contribution is 2.27. The fraction of sp³-hybridized carbons (Fsp3) is 0.429. The van der Waals surface area contributed by atoms with Crippen molar-refractivity contribution < 1.29 is 9.53 Å². The van der Waals surface area contributed by atoms with E-state index < -0.39 is 0 Å². The number of thiol groups is 1. The summed E-state index contributed by atoms with van der Waals surface area (Å²) >= 11 is 5.74. The van der Waals surface area contributed by atoms with Crippen molar-refractivity contribution in [1.29, 1.82) is 0 Å². The molecule has 1 aliphatic rings. The molecule has 118 valence electrons. The van der Waals surface area contributed by atoms with Gasteiger partial charge in [0, 0.05) is 18.0 Å². The van der Waals surface area contributed by atoms with Gasteiger partial charge in [0.05, 0.1) is 29.6 Å². The van der Waals surface area contributed by atoms with Crippen LogP contribution in [0.5, 0.6) is 0 Å². The lowest BCUT2D eigenvalue weighted by atomic mass is 10.3. The van der Waals surface area contributed by atoms with Gasteiger partial charge in [-0.15, -0.1) is 12.6 Å². The second-order valence-electron chi connectivity index (χ2n) is 5.09. The van der Waals surface area contributed by atoms with Crippen LogP contribution >= 0.6 is 24.0 Å². The lowest BCUT2D eigenvalue weighted by molar-refractivity contribution is 0.0160. The molecule has 0 saturated carbocycles. The van der Waals surface area contributed by atoms with Gasteiger partial charge in [0.25, 0.3) is 0 Å². The summed E-state index contributed by atoms with van der Waals surface area (Å²) < 4.78 is 6.31. The molecular weight excluding hydrogens is 320 g/mol. The van der Waals surface area contributed by atoms with E-state index in [2.05, 4.69) is 33.1 Å². The number of anilines is 1. The first-order valence-corrected chi connectivity index (χ1v) is 8.37. The van der Waals surface area contributed by atoms with Gasteiger partial charge in [-0.3, -0.25) is 10.2 Å². The average Bonchev–Trinajstić information content (AvgIpc) is 2.89. The second-order valence-corrected chi connectivity index (χ2v) is 6.64. The molecule has 0 bridgehead atoms. The van der Waals surface area contributed by atoms with Crippen LogP contribution in [-0.2, 0) is 4.74 Å². The number of morpholine rings is 1. The van der Waals surface area contributed by atoms with Crippen LogP contribution in [0.1, 0.15) is 6.92 Å². The molecule has 22 heavy (non-hydrogen) atoms. The summed E-state index contributed by atoms with van der Waals surface area (Å²) in [7, 11) is 0. The first kappa shape index (κ1) is 15.5. The number of nitrogens with one attached hydrogen (secondary N) is 2. The van der Waals surface area contributed by atoms with Crippen molar-refractivity contribution in [1.82, 2.24) is 15.2 Å². The molecule has 8 heteroatoms. The number of ether oxygens (including phenoxy) is 1. The Morgan fingerprint density at radius 3 is 3.00 bits per heavy atom. The molecule has 0 radical (unpaired) electrons. The van der Waals surface area contributed by atoms with Gasteiger partial charge in [0.1, 0.15) is 0 Å². The summed E-state index contributed by atoms with van der Waals surface area (Å²) in [6.45, 7) is 5.03. The number of hydrogen-bond donors (Lipinski definition) is 3. The standard InChI is InChI=1S/C14H18N4O2S2/c1-9(18-4-6-20-7-5-18)15-13(19)17-14-16-11-3-2-10(21)8-12(11)22-14/h2-3,8-9,21H,4-7H2,1H3,(H2,15,16,17,19). The summed E-state index contributed by atoms with van der Waals surface area (Å²) in [4.78, 5) is 19.5. The zero-order valence-electron chi connectivity index (χ0n) is 12.2. The molecule has 1 saturated heterocycles. The minimum absolute atomic E-state index is 0.0395. The van der Waals surface area contributed by atoms with E-state index in [1.165, 1.54) is 11.3 Å². The highest BCUT2D eigenvalue weighted by molar-refractivity contribution is 7.80. The molecule has 1 fully saturated rings. The van der Waals surface area contributed by atoms with Crippen molar-refractivity contribution in [2.45, 2.75) is 18.0 Å². The lowest BCUT2D eigenvalue weighted by Crippen LogP contribution is -2.51. The monoisotopic (exact) mass is 338 g/mol. The third kappa shape index (κ3) is 3.70. The minimum Gasteiger partial charge on any atom is -0.379 e. The van der Waals surface area contributed by atoms with Crippen LogP contribution in [0.3, 0.4) is 0 Å². The number of benzene rings is 1. The van der Waals surface area contributed by atoms with E-state index >= 15 is 0 Å². The Kier molecular flexibility index (Phi) is 4.82. The molecule has 0 aliphatic carbocycles. The minimum atomic E-state index is -0.246. The predicted molar refractivity (Wildman–Crippen MR) is 90.9 cm³/mol. The van der Waals surface area contributed by atoms with Crippen molar-refractivity contribution in [2.75, 3.05) is 31.6 Å². The normalized spacial score (nSPS) is 17.4. The van der Waals surface area contributed by atoms with Crippen molar-refractivity contribution in [3.8, 4) is 0 Å². The van der Waals surface area contributed by atoms with Crippen molar-refractivity contribution in [3.63, 3.8) is 0 Å². The summed E-state index contributed by atoms with van der Waals surface area (Å²) in [5.74, 6) is 0. The zero-order valence-corrected chi connectivity index (χ0v) is 13.9. The number of amides is 2. The van der Waals surface area contributed by atoms with Gasteiger partial charge in [-0.05, 0) is 25.1 Å². The van der Waals surface area contributed by atoms with Crippen LogP contribution in [-0.4, -0.2) is 48.4 Å². The third-order valence-electron chi connectivity index (χ3n) is 3.53. The molecule has 0 spiro atoms. The number of hydrogen-bond acceptors (Lipinski definition) is 6. The second kappa shape index (κ2) is 6.82. The van der Waals surface area contributed by atoms with E-state index in [4.69, 9.17) is 4.74 Å². The smallest absolute Gasteiger partial charge is 0.322 e. The molecule has 1 atom stereocenters. The topological polar surface area (TPSA) is 66.5 Å². The Bertz CT molecular complexity index is 670. The first-order chi connectivity index (χ1) is 10.6. The number of fused-ring (bicyclic) bond motifs is 1. The highest BCUT2D eigenvalue weighted by Gasteiger charge is 2.19. The Balaban J connectivity index is 1.60. The Morgan fingerprint density at radius 1 is 1.45 bits per heavy atom. The van der Waals surface area contributed by atoms with Gasteiger partial charge in [0.2, 0.25) is 0 Å². The lowest BCUT2D eigenvalue weighted by Gasteiger charge is -2.32. The highest BCUT2D eigenvalue weighted by atomic mass is 32.1. The van der Waals surface area contributed by atoms with Crippen LogP contribution in [0.25, 0.3) is 10.2 Å². The SMILES string of the molecule is CC(NC(=O)Nc1nc2ccc(S)cc2s1)N1CCOCC1. The number of rotatable bonds is 3. The molecule has 3 rings (SSSR count). The van der Waals surface area contributed by atoms with E-state index in [1.54, 1.807) is 0 Å². The maximum absolute atomic E-state index is 12.1. The predicted octanol–water partition coefficient (Wildman–Crippen LogP) is 2.38. The number of nitrogens with zero attached hydrogens (tertiary/aromatic N) is 2. The van der Waals surface area contributed by atoms with Gasteiger partial charge in [0.15, 0.2) is 5.13 Å². The van der Waals surface area contributed by atoms with Crippen LogP contribution in [0.2, 0.25) is 0 Å². The van der Waals surface area contributed by atoms with Crippen molar-refractivity contribution in [2.24, 2.45) is 0 Å². The number of thiazole rings is 1. The van der Waals surface area contributed by atoms with Gasteiger partial charge >= 0.3 is 6.03 Å². The molecule has 1 aromatic carbocycles. The van der Waals surface area contributed by atoms with Gasteiger partial charge in [-0.1, -0.05) is 11.3 Å². The van der Waals surface area contributed by atoms with E-state index in [0.717, 1.165) is 28.2 Å². The van der Waals surface area contributed by atoms with E-state index in [-0.39, 0.29) is 12.2 Å². The van der Waals surface area contributed by atoms with E-state index in [1.807, 2.05) is 25.1 Å². The maximum Gasteiger partial charge on any atom is 0.322 e. The third-order valence-corrected chi connectivity index (χ3v) is 4.74. The molecule has 2 heterocycles. The fourth-order valence-corrected chi connectivity index (χ4v) is 3.54.